The average molecular weight is 1490 g/mol. The molecule has 0 bridgehead atoms. The van der Waals surface area contributed by atoms with E-state index in [0.29, 0.717) is 60.4 Å². The fraction of sp³-hybridized carbons (Fsp3) is 0.227. The van der Waals surface area contributed by atoms with Crippen LogP contribution in [-0.2, 0) is 4.74 Å². The van der Waals surface area contributed by atoms with Crippen LogP contribution in [0.15, 0.2) is 246 Å². The van der Waals surface area contributed by atoms with Crippen molar-refractivity contribution in [3.8, 4) is 46.0 Å². The molecule has 9 aromatic carbocycles. The maximum absolute atomic E-state index is 13.2. The summed E-state index contributed by atoms with van der Waals surface area (Å²) in [5.74, 6) is 2.98. The summed E-state index contributed by atoms with van der Waals surface area (Å²) in [7, 11) is 3.28. The van der Waals surface area contributed by atoms with E-state index in [4.69, 9.17) is 28.4 Å². The van der Waals surface area contributed by atoms with Gasteiger partial charge in [-0.3, -0.25) is 0 Å². The van der Waals surface area contributed by atoms with Gasteiger partial charge in [-0.25, -0.2) is 22.0 Å². The van der Waals surface area contributed by atoms with Gasteiger partial charge in [0, 0.05) is 22.3 Å². The molecule has 0 atom stereocenters. The van der Waals surface area contributed by atoms with Crippen LogP contribution in [0.3, 0.4) is 0 Å². The normalized spacial score (nSPS) is 13.6. The first-order valence-corrected chi connectivity index (χ1v) is 34.7. The van der Waals surface area contributed by atoms with E-state index in [0.717, 1.165) is 126 Å². The molecule has 0 amide bonds. The highest BCUT2D eigenvalue weighted by atomic mass is 19.3. The summed E-state index contributed by atoms with van der Waals surface area (Å²) in [6, 6.07) is 50.9. The maximum atomic E-state index is 13.2. The van der Waals surface area contributed by atoms with Crippen molar-refractivity contribution in [3.63, 3.8) is 0 Å². The van der Waals surface area contributed by atoms with E-state index in [2.05, 4.69) is 41.6 Å². The third kappa shape index (κ3) is 21.0. The standard InChI is InChI=1S/2C18H15F3O2.C18H17FO2.C17H13F3O2.C17H21FO/c2*1-2-11-10-22-16-8-7-14(23-18(20)21)9-15(16)17(11)12-3-5-13(19)6-4-12;1-3-12-11-21-17-9-8-15(20-2)10-16(17)18(12)13-4-6-14(19)7-5-13;1-10-9-21-15-7-6-13(22-17(19)20)8-14(15)16(10)11-2-4-12(18)5-3-11;1-6-12(2)17(13(3)11-14(4)19-5)15-7-9-16(18)10-8-15/h2*3-9,18H,2,10H2,1H3;4-10H,3,11H2,1-2H3;2-8,17H,9H2,1H3;7-11H,3,6H2,1-2,4-5H3/b;;;;14-11+,17-12-. The summed E-state index contributed by atoms with van der Waals surface area (Å²) < 4.78 is 187. The van der Waals surface area contributed by atoms with Gasteiger partial charge >= 0.3 is 19.8 Å². The Morgan fingerprint density at radius 2 is 0.685 bits per heavy atom. The highest BCUT2D eigenvalue weighted by Gasteiger charge is 2.27. The molecule has 108 heavy (non-hydrogen) atoms. The number of rotatable bonds is 19. The molecule has 0 N–H and O–H groups in total. The fourth-order valence-corrected chi connectivity index (χ4v) is 12.4. The lowest BCUT2D eigenvalue weighted by Gasteiger charge is -2.24. The van der Waals surface area contributed by atoms with Crippen LogP contribution >= 0.6 is 0 Å². The summed E-state index contributed by atoms with van der Waals surface area (Å²) in [6.07, 6.45) is 5.20. The summed E-state index contributed by atoms with van der Waals surface area (Å²) in [6.45, 7) is 11.3. The minimum Gasteiger partial charge on any atom is -0.501 e. The van der Waals surface area contributed by atoms with Gasteiger partial charge in [-0.15, -0.1) is 0 Å². The number of fused-ring (bicyclic) bond motifs is 4. The van der Waals surface area contributed by atoms with Crippen molar-refractivity contribution in [2.45, 2.75) is 94.0 Å². The molecule has 0 radical (unpaired) electrons. The zero-order chi connectivity index (χ0) is 77.7. The van der Waals surface area contributed by atoms with E-state index in [9.17, 15) is 48.3 Å². The number of allylic oxidation sites excluding steroid dienone is 5. The molecule has 13 rings (SSSR count). The average Bonchev–Trinajstić information content (AvgIpc) is 0.798. The largest absolute Gasteiger partial charge is 0.501 e. The molecule has 0 aliphatic carbocycles. The molecule has 0 saturated carbocycles. The van der Waals surface area contributed by atoms with E-state index >= 15 is 0 Å². The van der Waals surface area contributed by atoms with Crippen LogP contribution in [0.2, 0.25) is 0 Å². The smallest absolute Gasteiger partial charge is 0.387 e. The van der Waals surface area contributed by atoms with Crippen molar-refractivity contribution in [1.82, 2.24) is 0 Å². The molecule has 9 nitrogen and oxygen atoms in total. The van der Waals surface area contributed by atoms with Crippen LogP contribution in [-0.4, -0.2) is 60.5 Å². The third-order valence-electron chi connectivity index (χ3n) is 17.9. The Morgan fingerprint density at radius 3 is 0.981 bits per heavy atom. The fourth-order valence-electron chi connectivity index (χ4n) is 12.4. The van der Waals surface area contributed by atoms with Crippen molar-refractivity contribution < 1.29 is 90.9 Å². The minimum absolute atomic E-state index is 0.0617. The number of ether oxygens (including phenoxy) is 9. The van der Waals surface area contributed by atoms with Gasteiger partial charge in [0.1, 0.15) is 102 Å². The van der Waals surface area contributed by atoms with Crippen molar-refractivity contribution >= 4 is 27.9 Å². The van der Waals surface area contributed by atoms with Crippen molar-refractivity contribution in [2.75, 3.05) is 40.6 Å². The number of hydrogen-bond donors (Lipinski definition) is 0. The molecule has 0 spiro atoms. The summed E-state index contributed by atoms with van der Waals surface area (Å²) >= 11 is 0. The van der Waals surface area contributed by atoms with Crippen molar-refractivity contribution in [2.24, 2.45) is 0 Å². The molecular formula is C88H81F11O9. The van der Waals surface area contributed by atoms with E-state index in [1.54, 1.807) is 80.9 Å². The second-order valence-corrected chi connectivity index (χ2v) is 24.8. The second-order valence-electron chi connectivity index (χ2n) is 24.8. The van der Waals surface area contributed by atoms with Gasteiger partial charge in [0.15, 0.2) is 0 Å². The lowest BCUT2D eigenvalue weighted by molar-refractivity contribution is -0.0505. The zero-order valence-corrected chi connectivity index (χ0v) is 61.0. The van der Waals surface area contributed by atoms with Crippen LogP contribution in [0.1, 0.15) is 124 Å². The van der Waals surface area contributed by atoms with Crippen molar-refractivity contribution in [1.29, 1.82) is 0 Å². The van der Waals surface area contributed by atoms with E-state index < -0.39 is 19.8 Å². The topological polar surface area (TPSA) is 83.1 Å². The number of benzene rings is 9. The van der Waals surface area contributed by atoms with Gasteiger partial charge in [0.25, 0.3) is 0 Å². The summed E-state index contributed by atoms with van der Waals surface area (Å²) in [4.78, 5) is 0. The van der Waals surface area contributed by atoms with E-state index in [1.165, 1.54) is 108 Å². The minimum atomic E-state index is -2.89. The Hall–Kier alpha value is -11.4. The SMILES string of the molecule is C=C(/C=C(\C)OC)/C(=C(\C)CC)c1ccc(F)cc1.CC1=C(c2ccc(F)cc2)c2cc(OC(F)F)ccc2OC1.CCC1=C(c2ccc(F)cc2)c2cc(OC(F)F)ccc2OC1.CCC1=C(c2ccc(F)cc2)c2cc(OC(F)F)ccc2OC1.CCC1=C(c2ccc(F)cc2)c2cc(OC)ccc2OC1. The Kier molecular flexibility index (Phi) is 28.6. The highest BCUT2D eigenvalue weighted by Crippen LogP contribution is 2.45. The molecule has 4 aliphatic rings. The lowest BCUT2D eigenvalue weighted by atomic mass is 9.90. The number of hydrogen-bond acceptors (Lipinski definition) is 9. The highest BCUT2D eigenvalue weighted by molar-refractivity contribution is 5.90. The number of alkyl halides is 6. The van der Waals surface area contributed by atoms with Crippen LogP contribution in [0, 0.1) is 29.1 Å². The maximum Gasteiger partial charge on any atom is 0.387 e. The first kappa shape index (κ1) is 80.7. The predicted octanol–water partition coefficient (Wildman–Crippen LogP) is 24.3. The summed E-state index contributed by atoms with van der Waals surface area (Å²) in [5.41, 5.74) is 18.5. The van der Waals surface area contributed by atoms with Crippen molar-refractivity contribution in [3.05, 3.63) is 325 Å². The van der Waals surface area contributed by atoms with Gasteiger partial charge < -0.3 is 42.6 Å². The molecule has 4 heterocycles. The lowest BCUT2D eigenvalue weighted by Crippen LogP contribution is -2.12. The molecule has 20 heteroatoms. The van der Waals surface area contributed by atoms with Gasteiger partial charge in [-0.2, -0.15) is 26.3 Å². The number of halogens is 11. The zero-order valence-electron chi connectivity index (χ0n) is 61.0. The molecule has 0 fully saturated rings. The van der Waals surface area contributed by atoms with Crippen LogP contribution in [0.5, 0.6) is 46.0 Å². The second kappa shape index (κ2) is 38.2. The van der Waals surface area contributed by atoms with Gasteiger partial charge in [0.05, 0.1) is 20.0 Å². The summed E-state index contributed by atoms with van der Waals surface area (Å²) in [5, 5.41) is 0. The van der Waals surface area contributed by atoms with E-state index in [1.807, 2.05) is 64.1 Å². The molecule has 4 aliphatic heterocycles. The molecule has 0 unspecified atom stereocenters. The van der Waals surface area contributed by atoms with Gasteiger partial charge in [-0.1, -0.05) is 101 Å². The first-order valence-electron chi connectivity index (χ1n) is 34.7. The monoisotopic (exact) mass is 1490 g/mol. The molecular weight excluding hydrogens is 1410 g/mol. The Bertz CT molecular complexity index is 4660. The Morgan fingerprint density at radius 1 is 0.398 bits per heavy atom. The van der Waals surface area contributed by atoms with Crippen LogP contribution < -0.4 is 37.9 Å². The van der Waals surface area contributed by atoms with E-state index in [-0.39, 0.29) is 46.3 Å². The quantitative estimate of drug-likeness (QED) is 0.0447. The van der Waals surface area contributed by atoms with Gasteiger partial charge in [0.2, 0.25) is 0 Å². The molecule has 0 aromatic heterocycles. The third-order valence-corrected chi connectivity index (χ3v) is 17.9. The van der Waals surface area contributed by atoms with Crippen LogP contribution in [0.4, 0.5) is 48.3 Å². The number of methoxy groups -OCH3 is 2. The molecule has 564 valence electrons. The van der Waals surface area contributed by atoms with Gasteiger partial charge in [-0.05, 0) is 270 Å². The molecule has 9 aromatic rings. The Labute approximate surface area is 621 Å². The predicted molar refractivity (Wildman–Crippen MR) is 400 cm³/mol. The van der Waals surface area contributed by atoms with Crippen LogP contribution in [0.25, 0.3) is 27.9 Å². The Balaban J connectivity index is 0.000000156. The first-order chi connectivity index (χ1) is 51.9. The molecule has 0 saturated heterocycles.